The number of carbonyl (C=O) groups excluding carboxylic acids is 1. The Kier molecular flexibility index (Phi) is 5.02. The van der Waals surface area contributed by atoms with E-state index in [-0.39, 0.29) is 5.78 Å². The first-order chi connectivity index (χ1) is 9.69. The van der Waals surface area contributed by atoms with Crippen molar-refractivity contribution in [3.05, 3.63) is 65.5 Å². The van der Waals surface area contributed by atoms with Crippen LogP contribution in [-0.2, 0) is 6.54 Å². The molecule has 0 fully saturated rings. The molecule has 2 rings (SSSR count). The smallest absolute Gasteiger partial charge is 0.176 e. The van der Waals surface area contributed by atoms with Gasteiger partial charge < -0.3 is 0 Å². The van der Waals surface area contributed by atoms with Crippen LogP contribution in [-0.4, -0.2) is 28.8 Å². The van der Waals surface area contributed by atoms with E-state index in [1.54, 1.807) is 12.4 Å². The number of aromatic nitrogens is 1. The first-order valence-electron chi connectivity index (χ1n) is 6.90. The molecule has 0 radical (unpaired) electrons. The number of hydrogen-bond donors (Lipinski definition) is 0. The van der Waals surface area contributed by atoms with E-state index in [0.717, 1.165) is 18.7 Å². The number of aryl methyl sites for hydroxylation is 1. The molecule has 0 aliphatic rings. The highest BCUT2D eigenvalue weighted by Gasteiger charge is 2.11. The number of Topliss-reactive ketones (excluding diaryl/α,β-unsaturated/α-hetero) is 1. The fourth-order valence-corrected chi connectivity index (χ4v) is 2.06. The Morgan fingerprint density at radius 2 is 1.75 bits per heavy atom. The zero-order valence-corrected chi connectivity index (χ0v) is 12.0. The largest absolute Gasteiger partial charge is 0.293 e. The zero-order chi connectivity index (χ0) is 14.4. The minimum atomic E-state index is 0.168. The lowest BCUT2D eigenvalue weighted by Gasteiger charge is -2.19. The molecule has 3 heteroatoms. The molecular weight excluding hydrogens is 248 g/mol. The van der Waals surface area contributed by atoms with Crippen LogP contribution < -0.4 is 0 Å². The summed E-state index contributed by atoms with van der Waals surface area (Å²) in [6, 6.07) is 11.7. The Morgan fingerprint density at radius 3 is 2.35 bits per heavy atom. The van der Waals surface area contributed by atoms with E-state index in [0.29, 0.717) is 6.54 Å². The quantitative estimate of drug-likeness (QED) is 0.755. The average Bonchev–Trinajstić information content (AvgIpc) is 2.48. The van der Waals surface area contributed by atoms with Gasteiger partial charge in [-0.2, -0.15) is 0 Å². The molecule has 0 aliphatic heterocycles. The number of nitrogens with zero attached hydrogens (tertiary/aromatic N) is 2. The van der Waals surface area contributed by atoms with Crippen molar-refractivity contribution in [2.75, 3.05) is 13.1 Å². The second-order valence-electron chi connectivity index (χ2n) is 4.95. The van der Waals surface area contributed by atoms with Crippen LogP contribution in [0, 0.1) is 6.92 Å². The van der Waals surface area contributed by atoms with E-state index in [2.05, 4.69) is 16.8 Å². The van der Waals surface area contributed by atoms with E-state index in [1.165, 1.54) is 11.1 Å². The number of pyridine rings is 1. The summed E-state index contributed by atoms with van der Waals surface area (Å²) in [6.07, 6.45) is 3.57. The molecule has 0 saturated heterocycles. The molecule has 0 saturated carbocycles. The van der Waals surface area contributed by atoms with Crippen LogP contribution in [0.4, 0.5) is 0 Å². The van der Waals surface area contributed by atoms with Gasteiger partial charge in [-0.15, -0.1) is 0 Å². The van der Waals surface area contributed by atoms with E-state index < -0.39 is 0 Å². The van der Waals surface area contributed by atoms with E-state index >= 15 is 0 Å². The first-order valence-corrected chi connectivity index (χ1v) is 6.90. The number of carbonyl (C=O) groups is 1. The summed E-state index contributed by atoms with van der Waals surface area (Å²) in [5, 5.41) is 0. The van der Waals surface area contributed by atoms with Gasteiger partial charge in [-0.1, -0.05) is 36.8 Å². The van der Waals surface area contributed by atoms with Gasteiger partial charge >= 0.3 is 0 Å². The van der Waals surface area contributed by atoms with Crippen LogP contribution in [0.2, 0.25) is 0 Å². The molecule has 0 bridgehead atoms. The fourth-order valence-electron chi connectivity index (χ4n) is 2.06. The molecular formula is C17H20N2O. The summed E-state index contributed by atoms with van der Waals surface area (Å²) < 4.78 is 0. The van der Waals surface area contributed by atoms with Crippen LogP contribution in [0.3, 0.4) is 0 Å². The highest BCUT2D eigenvalue weighted by Crippen LogP contribution is 2.08. The van der Waals surface area contributed by atoms with Gasteiger partial charge in [0.1, 0.15) is 0 Å². The standard InChI is InChI=1S/C17H20N2O/c1-3-19(12-15-8-10-18-11-9-15)13-17(20)16-6-4-14(2)5-7-16/h4-11H,3,12-13H2,1-2H3. The second-order valence-corrected chi connectivity index (χ2v) is 4.95. The lowest BCUT2D eigenvalue weighted by molar-refractivity contribution is 0.0929. The van der Waals surface area contributed by atoms with Crippen molar-refractivity contribution in [1.29, 1.82) is 0 Å². The van der Waals surface area contributed by atoms with Crippen molar-refractivity contribution in [3.8, 4) is 0 Å². The number of likely N-dealkylation sites (N-methyl/N-ethyl adjacent to an activating group) is 1. The summed E-state index contributed by atoms with van der Waals surface area (Å²) in [6.45, 7) is 6.16. The molecule has 0 unspecified atom stereocenters. The molecule has 2 aromatic rings. The van der Waals surface area contributed by atoms with Crippen molar-refractivity contribution < 1.29 is 4.79 Å². The maximum absolute atomic E-state index is 12.3. The molecule has 1 aromatic carbocycles. The molecule has 20 heavy (non-hydrogen) atoms. The van der Waals surface area contributed by atoms with E-state index in [1.807, 2.05) is 43.3 Å². The first kappa shape index (κ1) is 14.4. The molecule has 0 amide bonds. The maximum atomic E-state index is 12.3. The van der Waals surface area contributed by atoms with Gasteiger partial charge in [0.2, 0.25) is 0 Å². The summed E-state index contributed by atoms with van der Waals surface area (Å²) in [5.41, 5.74) is 3.13. The van der Waals surface area contributed by atoms with Gasteiger partial charge in [0.05, 0.1) is 6.54 Å². The van der Waals surface area contributed by atoms with E-state index in [4.69, 9.17) is 0 Å². The Morgan fingerprint density at radius 1 is 1.10 bits per heavy atom. The van der Waals surface area contributed by atoms with Crippen LogP contribution >= 0.6 is 0 Å². The maximum Gasteiger partial charge on any atom is 0.176 e. The van der Waals surface area contributed by atoms with Crippen molar-refractivity contribution in [3.63, 3.8) is 0 Å². The van der Waals surface area contributed by atoms with Gasteiger partial charge in [0.25, 0.3) is 0 Å². The van der Waals surface area contributed by atoms with Gasteiger partial charge in [0.15, 0.2) is 5.78 Å². The Balaban J connectivity index is 1.99. The van der Waals surface area contributed by atoms with Crippen molar-refractivity contribution in [2.24, 2.45) is 0 Å². The predicted molar refractivity (Wildman–Crippen MR) is 80.7 cm³/mol. The molecule has 104 valence electrons. The third-order valence-electron chi connectivity index (χ3n) is 3.34. The van der Waals surface area contributed by atoms with Gasteiger partial charge in [-0.3, -0.25) is 14.7 Å². The van der Waals surface area contributed by atoms with Crippen LogP contribution in [0.15, 0.2) is 48.8 Å². The van der Waals surface area contributed by atoms with Crippen LogP contribution in [0.1, 0.15) is 28.4 Å². The average molecular weight is 268 g/mol. The second kappa shape index (κ2) is 6.96. The molecule has 3 nitrogen and oxygen atoms in total. The predicted octanol–water partition coefficient (Wildman–Crippen LogP) is 3.09. The topological polar surface area (TPSA) is 33.2 Å². The molecule has 1 aromatic heterocycles. The monoisotopic (exact) mass is 268 g/mol. The summed E-state index contributed by atoms with van der Waals surface area (Å²) in [4.78, 5) is 18.4. The number of ketones is 1. The number of rotatable bonds is 6. The number of benzene rings is 1. The van der Waals surface area contributed by atoms with Crippen LogP contribution in [0.25, 0.3) is 0 Å². The fraction of sp³-hybridized carbons (Fsp3) is 0.294. The molecule has 0 aliphatic carbocycles. The lowest BCUT2D eigenvalue weighted by Crippen LogP contribution is -2.29. The molecule has 1 heterocycles. The normalized spacial score (nSPS) is 10.8. The van der Waals surface area contributed by atoms with Crippen LogP contribution in [0.5, 0.6) is 0 Å². The Hall–Kier alpha value is -2.00. The van der Waals surface area contributed by atoms with Crippen molar-refractivity contribution in [2.45, 2.75) is 20.4 Å². The van der Waals surface area contributed by atoms with Gasteiger partial charge in [0, 0.05) is 24.5 Å². The van der Waals surface area contributed by atoms with Gasteiger partial charge in [-0.25, -0.2) is 0 Å². The zero-order valence-electron chi connectivity index (χ0n) is 12.0. The summed E-state index contributed by atoms with van der Waals surface area (Å²) in [7, 11) is 0. The third-order valence-corrected chi connectivity index (χ3v) is 3.34. The van der Waals surface area contributed by atoms with E-state index in [9.17, 15) is 4.79 Å². The SMILES string of the molecule is CCN(CC(=O)c1ccc(C)cc1)Cc1ccncc1. The van der Waals surface area contributed by atoms with Crippen molar-refractivity contribution in [1.82, 2.24) is 9.88 Å². The minimum absolute atomic E-state index is 0.168. The Bertz CT molecular complexity index is 549. The Labute approximate surface area is 120 Å². The minimum Gasteiger partial charge on any atom is -0.293 e. The number of hydrogen-bond acceptors (Lipinski definition) is 3. The lowest BCUT2D eigenvalue weighted by atomic mass is 10.1. The summed E-state index contributed by atoms with van der Waals surface area (Å²) in [5.74, 6) is 0.168. The summed E-state index contributed by atoms with van der Waals surface area (Å²) >= 11 is 0. The highest BCUT2D eigenvalue weighted by molar-refractivity contribution is 5.97. The molecule has 0 spiro atoms. The molecule has 0 N–H and O–H groups in total. The third kappa shape index (κ3) is 4.00. The molecule has 0 atom stereocenters. The highest BCUT2D eigenvalue weighted by atomic mass is 16.1. The van der Waals surface area contributed by atoms with Gasteiger partial charge in [-0.05, 0) is 31.2 Å². The van der Waals surface area contributed by atoms with Crippen molar-refractivity contribution >= 4 is 5.78 Å².